The summed E-state index contributed by atoms with van der Waals surface area (Å²) >= 11 is 0. The number of nitrogens with two attached hydrogens (primary N) is 1. The van der Waals surface area contributed by atoms with Crippen molar-refractivity contribution in [2.75, 3.05) is 18.8 Å². The van der Waals surface area contributed by atoms with Crippen molar-refractivity contribution in [3.63, 3.8) is 0 Å². The topological polar surface area (TPSA) is 132 Å². The number of nitrogens with one attached hydrogen (secondary N) is 1. The van der Waals surface area contributed by atoms with Crippen LogP contribution >= 0.6 is 0 Å². The Labute approximate surface area is 227 Å². The molecule has 0 saturated carbocycles. The summed E-state index contributed by atoms with van der Waals surface area (Å²) < 4.78 is 7.74. The molecule has 3 heterocycles. The van der Waals surface area contributed by atoms with Crippen molar-refractivity contribution < 1.29 is 9.53 Å². The molecule has 9 heteroatoms. The number of fused-ring (bicyclic) bond motifs is 1. The summed E-state index contributed by atoms with van der Waals surface area (Å²) in [6.45, 7) is 7.06. The number of ether oxygens (including phenoxy) is 1. The lowest BCUT2D eigenvalue weighted by Crippen LogP contribution is -2.42. The quantitative estimate of drug-likeness (QED) is 0.265. The molecule has 2 aromatic carbocycles. The molecular formula is C30H31N7O2. The van der Waals surface area contributed by atoms with E-state index in [-0.39, 0.29) is 22.8 Å². The third-order valence-corrected chi connectivity index (χ3v) is 6.68. The molecule has 0 amide bonds. The SMILES string of the molecule is CC(C)(C)C=C(C#N)C(=O)C1CNCCC1n1nc(-c2ccc(Oc3ccccc3)cc2)c2c(N)ncnc21. The minimum absolute atomic E-state index is 0.168. The summed E-state index contributed by atoms with van der Waals surface area (Å²) in [6.07, 6.45) is 3.80. The lowest BCUT2D eigenvalue weighted by molar-refractivity contribution is -0.120. The van der Waals surface area contributed by atoms with E-state index in [2.05, 4.69) is 21.4 Å². The number of carbonyl (C=O) groups excluding carboxylic acids is 1. The van der Waals surface area contributed by atoms with E-state index in [1.54, 1.807) is 10.8 Å². The fraction of sp³-hybridized carbons (Fsp3) is 0.300. The van der Waals surface area contributed by atoms with E-state index < -0.39 is 5.92 Å². The fourth-order valence-corrected chi connectivity index (χ4v) is 4.93. The van der Waals surface area contributed by atoms with Crippen molar-refractivity contribution in [1.82, 2.24) is 25.1 Å². The lowest BCUT2D eigenvalue weighted by Gasteiger charge is -2.31. The number of hydrogen-bond acceptors (Lipinski definition) is 8. The zero-order valence-corrected chi connectivity index (χ0v) is 22.3. The molecule has 2 atom stereocenters. The first kappa shape index (κ1) is 26.1. The van der Waals surface area contributed by atoms with Gasteiger partial charge in [0.1, 0.15) is 35.4 Å². The molecule has 2 aromatic heterocycles. The van der Waals surface area contributed by atoms with Gasteiger partial charge in [-0.1, -0.05) is 45.0 Å². The van der Waals surface area contributed by atoms with Crippen molar-refractivity contribution in [1.29, 1.82) is 5.26 Å². The van der Waals surface area contributed by atoms with E-state index in [9.17, 15) is 10.1 Å². The zero-order chi connectivity index (χ0) is 27.6. The maximum absolute atomic E-state index is 13.6. The van der Waals surface area contributed by atoms with Gasteiger partial charge in [-0.2, -0.15) is 10.4 Å². The zero-order valence-electron chi connectivity index (χ0n) is 22.3. The summed E-state index contributed by atoms with van der Waals surface area (Å²) in [5, 5.41) is 18.7. The van der Waals surface area contributed by atoms with Crippen LogP contribution in [-0.2, 0) is 4.79 Å². The second-order valence-electron chi connectivity index (χ2n) is 10.8. The normalized spacial score (nSPS) is 18.1. The molecule has 0 bridgehead atoms. The molecule has 1 fully saturated rings. The third-order valence-electron chi connectivity index (χ3n) is 6.68. The van der Waals surface area contributed by atoms with Crippen molar-refractivity contribution in [3.8, 4) is 28.8 Å². The van der Waals surface area contributed by atoms with Gasteiger partial charge in [-0.15, -0.1) is 0 Å². The number of Topliss-reactive ketones (excluding diaryl/α,β-unsaturated/α-hetero) is 1. The number of nitrogens with zero attached hydrogens (tertiary/aromatic N) is 5. The van der Waals surface area contributed by atoms with Gasteiger partial charge in [0.25, 0.3) is 0 Å². The van der Waals surface area contributed by atoms with Gasteiger partial charge in [-0.3, -0.25) is 4.79 Å². The molecule has 39 heavy (non-hydrogen) atoms. The maximum Gasteiger partial charge on any atom is 0.179 e. The van der Waals surface area contributed by atoms with Gasteiger partial charge in [0.15, 0.2) is 11.4 Å². The van der Waals surface area contributed by atoms with Crippen molar-refractivity contribution >= 4 is 22.6 Å². The molecule has 1 aliphatic rings. The number of carbonyl (C=O) groups is 1. The van der Waals surface area contributed by atoms with Crippen LogP contribution in [0.3, 0.4) is 0 Å². The first-order chi connectivity index (χ1) is 18.7. The fourth-order valence-electron chi connectivity index (χ4n) is 4.93. The minimum Gasteiger partial charge on any atom is -0.457 e. The van der Waals surface area contributed by atoms with Gasteiger partial charge in [-0.25, -0.2) is 14.6 Å². The van der Waals surface area contributed by atoms with Crippen LogP contribution in [0.2, 0.25) is 0 Å². The highest BCUT2D eigenvalue weighted by atomic mass is 16.5. The predicted molar refractivity (Wildman–Crippen MR) is 150 cm³/mol. The van der Waals surface area contributed by atoms with E-state index in [0.717, 1.165) is 11.3 Å². The van der Waals surface area contributed by atoms with E-state index in [1.165, 1.54) is 6.33 Å². The highest BCUT2D eigenvalue weighted by molar-refractivity contribution is 6.02. The number of anilines is 1. The minimum atomic E-state index is -0.485. The molecule has 2 unspecified atom stereocenters. The highest BCUT2D eigenvalue weighted by Crippen LogP contribution is 2.37. The van der Waals surface area contributed by atoms with Gasteiger partial charge in [-0.05, 0) is 54.8 Å². The lowest BCUT2D eigenvalue weighted by atomic mass is 9.84. The largest absolute Gasteiger partial charge is 0.457 e. The Morgan fingerprint density at radius 3 is 2.54 bits per heavy atom. The van der Waals surface area contributed by atoms with E-state index in [0.29, 0.717) is 47.8 Å². The Morgan fingerprint density at radius 1 is 1.13 bits per heavy atom. The Kier molecular flexibility index (Phi) is 7.13. The van der Waals surface area contributed by atoms with Gasteiger partial charge < -0.3 is 15.8 Å². The molecule has 1 aliphatic heterocycles. The number of para-hydroxylation sites is 1. The predicted octanol–water partition coefficient (Wildman–Crippen LogP) is 5.08. The van der Waals surface area contributed by atoms with Gasteiger partial charge in [0, 0.05) is 12.1 Å². The van der Waals surface area contributed by atoms with Crippen LogP contribution in [0, 0.1) is 22.7 Å². The summed E-state index contributed by atoms with van der Waals surface area (Å²) in [5.41, 5.74) is 8.22. The number of aromatic nitrogens is 4. The van der Waals surface area contributed by atoms with Crippen LogP contribution in [0.15, 0.2) is 72.6 Å². The Morgan fingerprint density at radius 2 is 1.85 bits per heavy atom. The van der Waals surface area contributed by atoms with Gasteiger partial charge >= 0.3 is 0 Å². The number of piperidine rings is 1. The molecule has 4 aromatic rings. The van der Waals surface area contributed by atoms with Crippen LogP contribution in [0.25, 0.3) is 22.3 Å². The molecule has 9 nitrogen and oxygen atoms in total. The van der Waals surface area contributed by atoms with Gasteiger partial charge in [0.05, 0.1) is 22.9 Å². The summed E-state index contributed by atoms with van der Waals surface area (Å²) in [7, 11) is 0. The summed E-state index contributed by atoms with van der Waals surface area (Å²) in [5.74, 6) is 1.07. The molecule has 3 N–H and O–H groups in total. The van der Waals surface area contributed by atoms with Crippen molar-refractivity contribution in [2.45, 2.75) is 33.2 Å². The second-order valence-corrected chi connectivity index (χ2v) is 10.8. The highest BCUT2D eigenvalue weighted by Gasteiger charge is 2.36. The molecule has 198 valence electrons. The molecule has 0 radical (unpaired) electrons. The molecule has 0 aliphatic carbocycles. The van der Waals surface area contributed by atoms with Gasteiger partial charge in [0.2, 0.25) is 0 Å². The number of rotatable bonds is 6. The third kappa shape index (κ3) is 5.52. The van der Waals surface area contributed by atoms with Crippen molar-refractivity contribution in [3.05, 3.63) is 72.6 Å². The first-order valence-corrected chi connectivity index (χ1v) is 12.9. The van der Waals surface area contributed by atoms with Crippen LogP contribution in [0.4, 0.5) is 5.82 Å². The van der Waals surface area contributed by atoms with Crippen LogP contribution in [0.1, 0.15) is 33.2 Å². The Balaban J connectivity index is 1.54. The van der Waals surface area contributed by atoms with E-state index >= 15 is 0 Å². The standard InChI is InChI=1S/C30H31N7O2/c1-30(2,3)15-20(16-31)27(38)23-17-33-14-13-24(23)37-29-25(28(32)34-18-35-29)26(36-37)19-9-11-22(12-10-19)39-21-7-5-4-6-8-21/h4-12,15,18,23-24,33H,13-14,17H2,1-3H3,(H2,32,34,35). The van der Waals surface area contributed by atoms with Crippen LogP contribution in [0.5, 0.6) is 11.5 Å². The monoisotopic (exact) mass is 521 g/mol. The molecular weight excluding hydrogens is 490 g/mol. The second kappa shape index (κ2) is 10.7. The first-order valence-electron chi connectivity index (χ1n) is 12.9. The maximum atomic E-state index is 13.6. The number of ketones is 1. The molecule has 1 saturated heterocycles. The average Bonchev–Trinajstić information content (AvgIpc) is 3.33. The van der Waals surface area contributed by atoms with Crippen LogP contribution < -0.4 is 15.8 Å². The Bertz CT molecular complexity index is 1560. The number of hydrogen-bond donors (Lipinski definition) is 2. The molecule has 0 spiro atoms. The Hall–Kier alpha value is -4.55. The number of benzene rings is 2. The number of nitriles is 1. The summed E-state index contributed by atoms with van der Waals surface area (Å²) in [4.78, 5) is 22.4. The van der Waals surface area contributed by atoms with Crippen molar-refractivity contribution in [2.24, 2.45) is 11.3 Å². The smallest absolute Gasteiger partial charge is 0.179 e. The van der Waals surface area contributed by atoms with E-state index in [1.807, 2.05) is 75.4 Å². The number of nitrogen functional groups attached to an aromatic ring is 1. The summed E-state index contributed by atoms with van der Waals surface area (Å²) in [6, 6.07) is 19.0. The van der Waals surface area contributed by atoms with E-state index in [4.69, 9.17) is 15.6 Å². The number of allylic oxidation sites excluding steroid dienone is 2. The molecule has 5 rings (SSSR count). The van der Waals surface area contributed by atoms with Crippen LogP contribution in [-0.4, -0.2) is 38.6 Å². The average molecular weight is 522 g/mol.